The fourth-order valence-electron chi connectivity index (χ4n) is 4.43. The molecule has 5 rings (SSSR count). The molecule has 1 saturated heterocycles. The molecule has 6 heteroatoms. The van der Waals surface area contributed by atoms with Crippen molar-refractivity contribution in [3.05, 3.63) is 120 Å². The maximum Gasteiger partial charge on any atom is 0.286 e. The number of amides is 3. The summed E-state index contributed by atoms with van der Waals surface area (Å²) in [6.07, 6.45) is 0.516. The Labute approximate surface area is 220 Å². The number of hydrogen-bond donors (Lipinski definition) is 1. The second-order valence-corrected chi connectivity index (χ2v) is 10.3. The van der Waals surface area contributed by atoms with Gasteiger partial charge in [0.1, 0.15) is 0 Å². The number of thioether (sulfide) groups is 1. The molecule has 1 unspecified atom stereocenters. The Kier molecular flexibility index (Phi) is 7.19. The van der Waals surface area contributed by atoms with Gasteiger partial charge in [-0.15, -0.1) is 0 Å². The van der Waals surface area contributed by atoms with E-state index in [0.717, 1.165) is 45.1 Å². The minimum Gasteiger partial charge on any atom is -0.337 e. The van der Waals surface area contributed by atoms with Crippen LogP contribution in [-0.4, -0.2) is 34.3 Å². The molecule has 0 radical (unpaired) electrons. The van der Waals surface area contributed by atoms with Crippen LogP contribution in [0.2, 0.25) is 0 Å². The summed E-state index contributed by atoms with van der Waals surface area (Å²) in [5.74, 6) is -0.251. The minimum atomic E-state index is -0.371. The number of imide groups is 1. The molecule has 0 saturated carbocycles. The molecule has 0 aromatic heterocycles. The summed E-state index contributed by atoms with van der Waals surface area (Å²) in [5, 5.41) is 1.68. The first-order valence-corrected chi connectivity index (χ1v) is 12.9. The van der Waals surface area contributed by atoms with E-state index < -0.39 is 0 Å². The highest BCUT2D eigenvalue weighted by Crippen LogP contribution is 2.26. The number of rotatable bonds is 7. The van der Waals surface area contributed by atoms with Crippen LogP contribution in [0.4, 0.5) is 4.79 Å². The first-order chi connectivity index (χ1) is 18.0. The zero-order valence-electron chi connectivity index (χ0n) is 20.4. The van der Waals surface area contributed by atoms with Crippen LogP contribution in [0, 0.1) is 0 Å². The van der Waals surface area contributed by atoms with Gasteiger partial charge in [-0.1, -0.05) is 96.7 Å². The highest BCUT2D eigenvalue weighted by molar-refractivity contribution is 8.15. The fourth-order valence-corrected chi connectivity index (χ4v) is 5.29. The van der Waals surface area contributed by atoms with E-state index in [0.29, 0.717) is 18.5 Å². The zero-order chi connectivity index (χ0) is 25.8. The molecule has 1 aliphatic heterocycles. The quantitative estimate of drug-likeness (QED) is 0.325. The summed E-state index contributed by atoms with van der Waals surface area (Å²) in [6, 6.07) is 34.0. The first kappa shape index (κ1) is 24.5. The van der Waals surface area contributed by atoms with E-state index in [-0.39, 0.29) is 22.3 Å². The van der Waals surface area contributed by atoms with E-state index in [9.17, 15) is 14.4 Å². The number of nitrogens with zero attached hydrogens (tertiary/aromatic N) is 1. The van der Waals surface area contributed by atoms with Gasteiger partial charge in [-0.3, -0.25) is 19.7 Å². The SMILES string of the molecule is CN(Cc1cccc(-c2ccc(CC3SC(=O)NC3=O)cc2)c1)C(=O)c1ccc(-c2ccccc2)cc1. The van der Waals surface area contributed by atoms with E-state index in [2.05, 4.69) is 23.5 Å². The largest absolute Gasteiger partial charge is 0.337 e. The van der Waals surface area contributed by atoms with Gasteiger partial charge in [0.2, 0.25) is 5.91 Å². The molecule has 0 bridgehead atoms. The second kappa shape index (κ2) is 10.8. The Morgan fingerprint density at radius 1 is 0.757 bits per heavy atom. The molecular formula is C31H26N2O3S. The number of carbonyl (C=O) groups excluding carboxylic acids is 3. The Morgan fingerprint density at radius 3 is 2.05 bits per heavy atom. The van der Waals surface area contributed by atoms with Crippen LogP contribution in [0.25, 0.3) is 22.3 Å². The van der Waals surface area contributed by atoms with Crippen molar-refractivity contribution in [1.82, 2.24) is 10.2 Å². The summed E-state index contributed by atoms with van der Waals surface area (Å²) in [6.45, 7) is 0.493. The van der Waals surface area contributed by atoms with Gasteiger partial charge in [-0.2, -0.15) is 0 Å². The van der Waals surface area contributed by atoms with Crippen LogP contribution < -0.4 is 5.32 Å². The lowest BCUT2D eigenvalue weighted by Gasteiger charge is -2.18. The Hall–Kier alpha value is -4.16. The molecule has 3 amide bonds. The molecule has 1 N–H and O–H groups in total. The van der Waals surface area contributed by atoms with Crippen LogP contribution in [0.5, 0.6) is 0 Å². The van der Waals surface area contributed by atoms with Crippen molar-refractivity contribution in [3.8, 4) is 22.3 Å². The third-order valence-electron chi connectivity index (χ3n) is 6.41. The molecular weight excluding hydrogens is 480 g/mol. The standard InChI is InChI=1S/C31H26N2O3S/c1-33(30(35)26-16-14-24(15-17-26)23-7-3-2-4-8-23)20-22-6-5-9-27(18-22)25-12-10-21(11-13-25)19-28-29(34)32-31(36)37-28/h2-18,28H,19-20H2,1H3,(H,32,34,36). The zero-order valence-corrected chi connectivity index (χ0v) is 21.2. The van der Waals surface area contributed by atoms with E-state index in [1.165, 1.54) is 0 Å². The fraction of sp³-hybridized carbons (Fsp3) is 0.129. The molecule has 0 aliphatic carbocycles. The van der Waals surface area contributed by atoms with Gasteiger partial charge in [0.05, 0.1) is 5.25 Å². The predicted octanol–water partition coefficient (Wildman–Crippen LogP) is 6.19. The molecule has 1 heterocycles. The molecule has 4 aromatic carbocycles. The minimum absolute atomic E-state index is 0.0262. The summed E-state index contributed by atoms with van der Waals surface area (Å²) >= 11 is 1.05. The number of carbonyl (C=O) groups is 3. The Morgan fingerprint density at radius 2 is 1.38 bits per heavy atom. The lowest BCUT2D eigenvalue weighted by molar-refractivity contribution is -0.118. The summed E-state index contributed by atoms with van der Waals surface area (Å²) in [4.78, 5) is 38.0. The van der Waals surface area contributed by atoms with Crippen LogP contribution in [0.1, 0.15) is 21.5 Å². The third-order valence-corrected chi connectivity index (χ3v) is 7.39. The van der Waals surface area contributed by atoms with E-state index in [1.54, 1.807) is 4.90 Å². The topological polar surface area (TPSA) is 66.5 Å². The van der Waals surface area contributed by atoms with Crippen LogP contribution in [0.3, 0.4) is 0 Å². The highest BCUT2D eigenvalue weighted by Gasteiger charge is 2.31. The lowest BCUT2D eigenvalue weighted by atomic mass is 10.00. The van der Waals surface area contributed by atoms with E-state index >= 15 is 0 Å². The lowest BCUT2D eigenvalue weighted by Crippen LogP contribution is -2.26. The van der Waals surface area contributed by atoms with Crippen LogP contribution >= 0.6 is 11.8 Å². The summed E-state index contributed by atoms with van der Waals surface area (Å²) in [7, 11) is 1.82. The third kappa shape index (κ3) is 5.81. The van der Waals surface area contributed by atoms with Gasteiger partial charge in [-0.25, -0.2) is 0 Å². The highest BCUT2D eigenvalue weighted by atomic mass is 32.2. The molecule has 37 heavy (non-hydrogen) atoms. The van der Waals surface area contributed by atoms with Gasteiger partial charge in [0.25, 0.3) is 11.1 Å². The number of benzene rings is 4. The average Bonchev–Trinajstić information content (AvgIpc) is 3.25. The average molecular weight is 507 g/mol. The van der Waals surface area contributed by atoms with Gasteiger partial charge < -0.3 is 4.90 Å². The van der Waals surface area contributed by atoms with E-state index in [1.807, 2.05) is 92.0 Å². The Balaban J connectivity index is 1.23. The smallest absolute Gasteiger partial charge is 0.286 e. The molecule has 1 aliphatic rings. The molecule has 1 fully saturated rings. The molecule has 5 nitrogen and oxygen atoms in total. The molecule has 1 atom stereocenters. The summed E-state index contributed by atoms with van der Waals surface area (Å²) < 4.78 is 0. The first-order valence-electron chi connectivity index (χ1n) is 12.1. The van der Waals surface area contributed by atoms with Gasteiger partial charge in [0, 0.05) is 19.2 Å². The van der Waals surface area contributed by atoms with Crippen molar-refractivity contribution in [2.75, 3.05) is 7.05 Å². The predicted molar refractivity (Wildman–Crippen MR) is 148 cm³/mol. The molecule has 4 aromatic rings. The van der Waals surface area contributed by atoms with Crippen molar-refractivity contribution in [3.63, 3.8) is 0 Å². The maximum atomic E-state index is 13.0. The van der Waals surface area contributed by atoms with Crippen molar-refractivity contribution in [1.29, 1.82) is 0 Å². The van der Waals surface area contributed by atoms with Gasteiger partial charge in [0.15, 0.2) is 0 Å². The van der Waals surface area contributed by atoms with E-state index in [4.69, 9.17) is 0 Å². The van der Waals surface area contributed by atoms with Crippen LogP contribution in [0.15, 0.2) is 103 Å². The second-order valence-electron chi connectivity index (χ2n) is 9.09. The van der Waals surface area contributed by atoms with Crippen LogP contribution in [-0.2, 0) is 17.8 Å². The number of hydrogen-bond acceptors (Lipinski definition) is 4. The van der Waals surface area contributed by atoms with Gasteiger partial charge in [-0.05, 0) is 58.0 Å². The molecule has 184 valence electrons. The van der Waals surface area contributed by atoms with Crippen molar-refractivity contribution >= 4 is 28.8 Å². The van der Waals surface area contributed by atoms with Gasteiger partial charge >= 0.3 is 0 Å². The van der Waals surface area contributed by atoms with Crippen molar-refractivity contribution < 1.29 is 14.4 Å². The Bertz CT molecular complexity index is 1430. The number of nitrogens with one attached hydrogen (secondary N) is 1. The monoisotopic (exact) mass is 506 g/mol. The van der Waals surface area contributed by atoms with Crippen molar-refractivity contribution in [2.45, 2.75) is 18.2 Å². The maximum absolute atomic E-state index is 13.0. The molecule has 0 spiro atoms. The van der Waals surface area contributed by atoms with Crippen molar-refractivity contribution in [2.24, 2.45) is 0 Å². The normalized spacial score (nSPS) is 14.9. The summed E-state index contributed by atoms with van der Waals surface area (Å²) in [5.41, 5.74) is 7.01.